The topological polar surface area (TPSA) is 67.9 Å². The van der Waals surface area contributed by atoms with Crippen LogP contribution < -0.4 is 10.1 Å². The van der Waals surface area contributed by atoms with Crippen LogP contribution in [-0.4, -0.2) is 49.6 Å². The van der Waals surface area contributed by atoms with Crippen molar-refractivity contribution in [1.82, 2.24) is 4.90 Å². The first-order valence-electron chi connectivity index (χ1n) is 10.7. The number of carbonyl (C=O) groups excluding carboxylic acids is 2. The highest BCUT2D eigenvalue weighted by atomic mass is 32.1. The Morgan fingerprint density at radius 3 is 2.60 bits per heavy atom. The quantitative estimate of drug-likeness (QED) is 0.762. The van der Waals surface area contributed by atoms with Gasteiger partial charge in [-0.3, -0.25) is 9.59 Å². The second kappa shape index (κ2) is 9.62. The molecule has 7 heteroatoms. The molecule has 0 saturated carbocycles. The summed E-state index contributed by atoms with van der Waals surface area (Å²) >= 11 is 1.54. The highest BCUT2D eigenvalue weighted by molar-refractivity contribution is 7.17. The lowest BCUT2D eigenvalue weighted by atomic mass is 9.95. The van der Waals surface area contributed by atoms with Crippen LogP contribution >= 0.6 is 11.3 Å². The van der Waals surface area contributed by atoms with Crippen LogP contribution in [0.2, 0.25) is 0 Å². The third kappa shape index (κ3) is 4.68. The molecule has 1 saturated heterocycles. The molecule has 2 heterocycles. The molecule has 2 amide bonds. The fraction of sp³-hybridized carbons (Fsp3) is 0.478. The number of rotatable bonds is 6. The molecule has 4 rings (SSSR count). The number of anilines is 1. The molecule has 2 aromatic rings. The number of nitrogens with zero attached hydrogens (tertiary/aromatic N) is 1. The van der Waals surface area contributed by atoms with Gasteiger partial charge in [0, 0.05) is 18.0 Å². The number of thiophene rings is 1. The van der Waals surface area contributed by atoms with Crippen molar-refractivity contribution in [2.24, 2.45) is 0 Å². The zero-order chi connectivity index (χ0) is 20.9. The molecular weight excluding hydrogens is 400 g/mol. The molecule has 30 heavy (non-hydrogen) atoms. The SMILES string of the molecule is CCc1ccc(OCC(=O)Nc2sc3c(c2C(=O)N2CCOCC2)CCCC3)cc1. The smallest absolute Gasteiger partial charge is 0.262 e. The Morgan fingerprint density at radius 2 is 1.87 bits per heavy atom. The maximum Gasteiger partial charge on any atom is 0.262 e. The van der Waals surface area contributed by atoms with Gasteiger partial charge in [-0.05, 0) is 55.4 Å². The fourth-order valence-electron chi connectivity index (χ4n) is 3.94. The van der Waals surface area contributed by atoms with Crippen molar-refractivity contribution in [3.05, 3.63) is 45.8 Å². The number of amides is 2. The lowest BCUT2D eigenvalue weighted by molar-refractivity contribution is -0.118. The molecule has 0 bridgehead atoms. The molecule has 0 spiro atoms. The van der Waals surface area contributed by atoms with Crippen molar-refractivity contribution in [1.29, 1.82) is 0 Å². The van der Waals surface area contributed by atoms with Crippen molar-refractivity contribution in [3.63, 3.8) is 0 Å². The number of nitrogens with one attached hydrogen (secondary N) is 1. The molecule has 2 aliphatic rings. The van der Waals surface area contributed by atoms with E-state index in [0.29, 0.717) is 42.6 Å². The highest BCUT2D eigenvalue weighted by Gasteiger charge is 2.30. The molecule has 1 aliphatic carbocycles. The van der Waals surface area contributed by atoms with E-state index < -0.39 is 0 Å². The van der Waals surface area contributed by atoms with Crippen molar-refractivity contribution in [2.45, 2.75) is 39.0 Å². The summed E-state index contributed by atoms with van der Waals surface area (Å²) in [5, 5.41) is 3.62. The Hall–Kier alpha value is -2.38. The van der Waals surface area contributed by atoms with Gasteiger partial charge in [-0.15, -0.1) is 11.3 Å². The predicted octanol–water partition coefficient (Wildman–Crippen LogP) is 3.68. The third-order valence-corrected chi connectivity index (χ3v) is 6.85. The van der Waals surface area contributed by atoms with Gasteiger partial charge in [-0.2, -0.15) is 0 Å². The van der Waals surface area contributed by atoms with E-state index in [2.05, 4.69) is 12.2 Å². The van der Waals surface area contributed by atoms with Crippen molar-refractivity contribution in [3.8, 4) is 5.75 Å². The van der Waals surface area contributed by atoms with Gasteiger partial charge in [-0.1, -0.05) is 19.1 Å². The highest BCUT2D eigenvalue weighted by Crippen LogP contribution is 2.39. The van der Waals surface area contributed by atoms with E-state index in [1.165, 1.54) is 10.4 Å². The number of benzene rings is 1. The van der Waals surface area contributed by atoms with E-state index in [0.717, 1.165) is 37.7 Å². The van der Waals surface area contributed by atoms with Crippen LogP contribution in [0.5, 0.6) is 5.75 Å². The Morgan fingerprint density at radius 1 is 1.13 bits per heavy atom. The summed E-state index contributed by atoms with van der Waals surface area (Å²) in [4.78, 5) is 28.9. The summed E-state index contributed by atoms with van der Waals surface area (Å²) in [5.41, 5.74) is 3.02. The number of carbonyl (C=O) groups is 2. The Balaban J connectivity index is 1.47. The van der Waals surface area contributed by atoms with Gasteiger partial charge in [0.2, 0.25) is 0 Å². The molecule has 6 nitrogen and oxygen atoms in total. The monoisotopic (exact) mass is 428 g/mol. The molecule has 1 aliphatic heterocycles. The fourth-order valence-corrected chi connectivity index (χ4v) is 5.24. The first kappa shape index (κ1) is 20.9. The number of hydrogen-bond acceptors (Lipinski definition) is 5. The third-order valence-electron chi connectivity index (χ3n) is 5.64. The minimum absolute atomic E-state index is 0.00377. The second-order valence-electron chi connectivity index (χ2n) is 7.65. The Kier molecular flexibility index (Phi) is 6.69. The minimum atomic E-state index is -0.246. The van der Waals surface area contributed by atoms with Crippen molar-refractivity contribution >= 4 is 28.2 Å². The molecule has 1 fully saturated rings. The molecule has 1 aromatic heterocycles. The molecular formula is C23H28N2O4S. The number of morpholine rings is 1. The lowest BCUT2D eigenvalue weighted by Gasteiger charge is -2.27. The van der Waals surface area contributed by atoms with Gasteiger partial charge in [0.05, 0.1) is 18.8 Å². The number of aryl methyl sites for hydroxylation is 2. The summed E-state index contributed by atoms with van der Waals surface area (Å²) in [6, 6.07) is 7.76. The van der Waals surface area contributed by atoms with Gasteiger partial charge >= 0.3 is 0 Å². The van der Waals surface area contributed by atoms with Crippen LogP contribution in [0.3, 0.4) is 0 Å². The first-order valence-corrected chi connectivity index (χ1v) is 11.5. The van der Waals surface area contributed by atoms with Crippen LogP contribution in [-0.2, 0) is 28.8 Å². The Bertz CT molecular complexity index is 901. The van der Waals surface area contributed by atoms with Crippen LogP contribution in [0.4, 0.5) is 5.00 Å². The van der Waals surface area contributed by atoms with E-state index in [4.69, 9.17) is 9.47 Å². The normalized spacial score (nSPS) is 16.1. The molecule has 0 atom stereocenters. The molecule has 0 radical (unpaired) electrons. The summed E-state index contributed by atoms with van der Waals surface area (Å²) in [7, 11) is 0. The van der Waals surface area contributed by atoms with Crippen molar-refractivity contribution < 1.29 is 19.1 Å². The summed E-state index contributed by atoms with van der Waals surface area (Å²) in [6.45, 7) is 4.31. The van der Waals surface area contributed by atoms with E-state index in [-0.39, 0.29) is 18.4 Å². The summed E-state index contributed by atoms with van der Waals surface area (Å²) in [5.74, 6) is 0.422. The van der Waals surface area contributed by atoms with E-state index >= 15 is 0 Å². The molecule has 0 unspecified atom stereocenters. The van der Waals surface area contributed by atoms with Gasteiger partial charge < -0.3 is 19.7 Å². The van der Waals surface area contributed by atoms with Crippen LogP contribution in [0.15, 0.2) is 24.3 Å². The Labute approximate surface area is 181 Å². The maximum absolute atomic E-state index is 13.3. The van der Waals surface area contributed by atoms with Gasteiger partial charge in [0.25, 0.3) is 11.8 Å². The zero-order valence-corrected chi connectivity index (χ0v) is 18.2. The van der Waals surface area contributed by atoms with E-state index in [1.807, 2.05) is 29.2 Å². The number of ether oxygens (including phenoxy) is 2. The van der Waals surface area contributed by atoms with Crippen LogP contribution in [0.1, 0.15) is 46.1 Å². The van der Waals surface area contributed by atoms with E-state index in [9.17, 15) is 9.59 Å². The summed E-state index contributed by atoms with van der Waals surface area (Å²) in [6.07, 6.45) is 5.04. The zero-order valence-electron chi connectivity index (χ0n) is 17.4. The average molecular weight is 429 g/mol. The van der Waals surface area contributed by atoms with Crippen molar-refractivity contribution in [2.75, 3.05) is 38.2 Å². The predicted molar refractivity (Wildman–Crippen MR) is 118 cm³/mol. The minimum Gasteiger partial charge on any atom is -0.484 e. The van der Waals surface area contributed by atoms with Gasteiger partial charge in [-0.25, -0.2) is 0 Å². The molecule has 1 N–H and O–H groups in total. The first-order chi connectivity index (χ1) is 14.7. The largest absolute Gasteiger partial charge is 0.484 e. The number of hydrogen-bond donors (Lipinski definition) is 1. The number of fused-ring (bicyclic) bond motifs is 1. The van der Waals surface area contributed by atoms with Crippen LogP contribution in [0, 0.1) is 0 Å². The molecule has 1 aromatic carbocycles. The lowest BCUT2D eigenvalue weighted by Crippen LogP contribution is -2.41. The molecule has 160 valence electrons. The van der Waals surface area contributed by atoms with E-state index in [1.54, 1.807) is 11.3 Å². The summed E-state index contributed by atoms with van der Waals surface area (Å²) < 4.78 is 11.0. The van der Waals surface area contributed by atoms with Gasteiger partial charge in [0.1, 0.15) is 10.8 Å². The van der Waals surface area contributed by atoms with Gasteiger partial charge in [0.15, 0.2) is 6.61 Å². The average Bonchev–Trinajstić information content (AvgIpc) is 3.15. The standard InChI is InChI=1S/C23H28N2O4S/c1-2-16-7-9-17(10-8-16)29-15-20(26)24-22-21(18-5-3-4-6-19(18)30-22)23(27)25-11-13-28-14-12-25/h7-10H,2-6,11-15H2,1H3,(H,24,26). The maximum atomic E-state index is 13.3. The second-order valence-corrected chi connectivity index (χ2v) is 8.76. The van der Waals surface area contributed by atoms with Crippen LogP contribution in [0.25, 0.3) is 0 Å².